The lowest BCUT2D eigenvalue weighted by atomic mass is 9.89. The van der Waals surface area contributed by atoms with Gasteiger partial charge in [-0.25, -0.2) is 0 Å². The first kappa shape index (κ1) is 14.7. The molecule has 4 rings (SSSR count). The predicted octanol–water partition coefficient (Wildman–Crippen LogP) is 3.50. The molecule has 0 spiro atoms. The van der Waals surface area contributed by atoms with Crippen LogP contribution in [-0.2, 0) is 19.4 Å². The van der Waals surface area contributed by atoms with Gasteiger partial charge in [0.25, 0.3) is 5.56 Å². The molecule has 1 fully saturated rings. The monoisotopic (exact) mass is 308 g/mol. The Morgan fingerprint density at radius 1 is 1.13 bits per heavy atom. The molecule has 1 aromatic heterocycles. The molecule has 3 heteroatoms. The summed E-state index contributed by atoms with van der Waals surface area (Å²) < 4.78 is 2.00. The molecule has 1 aromatic carbocycles. The summed E-state index contributed by atoms with van der Waals surface area (Å²) in [6.07, 6.45) is 7.13. The van der Waals surface area contributed by atoms with E-state index in [2.05, 4.69) is 24.3 Å². The molecule has 0 bridgehead atoms. The zero-order chi connectivity index (χ0) is 16.0. The van der Waals surface area contributed by atoms with E-state index in [0.717, 1.165) is 36.1 Å². The highest BCUT2D eigenvalue weighted by molar-refractivity contribution is 5.63. The molecule has 23 heavy (non-hydrogen) atoms. The SMILES string of the molecule is Cc1cc(-c2ccc3c(c2)CCCC3)n(C2CC2)c(=O)c1CN. The van der Waals surface area contributed by atoms with Crippen molar-refractivity contribution < 1.29 is 0 Å². The van der Waals surface area contributed by atoms with Crippen molar-refractivity contribution in [2.24, 2.45) is 5.73 Å². The van der Waals surface area contributed by atoms with E-state index in [1.165, 1.54) is 36.0 Å². The maximum atomic E-state index is 12.9. The van der Waals surface area contributed by atoms with Crippen molar-refractivity contribution >= 4 is 0 Å². The van der Waals surface area contributed by atoms with Crippen molar-refractivity contribution in [1.82, 2.24) is 4.57 Å². The largest absolute Gasteiger partial charge is 0.326 e. The van der Waals surface area contributed by atoms with Crippen molar-refractivity contribution in [3.8, 4) is 11.3 Å². The van der Waals surface area contributed by atoms with E-state index >= 15 is 0 Å². The summed E-state index contributed by atoms with van der Waals surface area (Å²) >= 11 is 0. The molecule has 0 saturated heterocycles. The number of aryl methyl sites for hydroxylation is 3. The Kier molecular flexibility index (Phi) is 3.61. The van der Waals surface area contributed by atoms with Crippen molar-refractivity contribution in [3.05, 3.63) is 56.9 Å². The summed E-state index contributed by atoms with van der Waals surface area (Å²) in [6.45, 7) is 2.32. The molecule has 1 heterocycles. The van der Waals surface area contributed by atoms with E-state index in [1.54, 1.807) is 0 Å². The molecule has 0 atom stereocenters. The van der Waals surface area contributed by atoms with Crippen LogP contribution in [0.3, 0.4) is 0 Å². The standard InChI is InChI=1S/C20H24N2O/c1-13-10-19(22(17-8-9-17)20(23)18(13)12-21)16-7-6-14-4-2-3-5-15(14)11-16/h6-7,10-11,17H,2-5,8-9,12,21H2,1H3. The zero-order valence-corrected chi connectivity index (χ0v) is 13.8. The second-order valence-electron chi connectivity index (χ2n) is 6.99. The number of benzene rings is 1. The van der Waals surface area contributed by atoms with Crippen LogP contribution >= 0.6 is 0 Å². The van der Waals surface area contributed by atoms with Gasteiger partial charge in [-0.1, -0.05) is 12.1 Å². The summed E-state index contributed by atoms with van der Waals surface area (Å²) in [6, 6.07) is 9.28. The fraction of sp³-hybridized carbons (Fsp3) is 0.450. The molecule has 0 unspecified atom stereocenters. The third kappa shape index (κ3) is 2.53. The maximum Gasteiger partial charge on any atom is 0.256 e. The molecular weight excluding hydrogens is 284 g/mol. The summed E-state index contributed by atoms with van der Waals surface area (Å²) in [5, 5.41) is 0. The van der Waals surface area contributed by atoms with Crippen molar-refractivity contribution in [1.29, 1.82) is 0 Å². The highest BCUT2D eigenvalue weighted by Gasteiger charge is 2.28. The molecule has 2 aromatic rings. The third-order valence-corrected chi connectivity index (χ3v) is 5.33. The van der Waals surface area contributed by atoms with Crippen LogP contribution < -0.4 is 11.3 Å². The lowest BCUT2D eigenvalue weighted by Crippen LogP contribution is -2.27. The highest BCUT2D eigenvalue weighted by atomic mass is 16.1. The van der Waals surface area contributed by atoms with Gasteiger partial charge in [-0.05, 0) is 79.8 Å². The van der Waals surface area contributed by atoms with Crippen LogP contribution in [0.4, 0.5) is 0 Å². The summed E-state index contributed by atoms with van der Waals surface area (Å²) in [4.78, 5) is 12.9. The average molecular weight is 308 g/mol. The molecule has 2 aliphatic carbocycles. The second-order valence-corrected chi connectivity index (χ2v) is 6.99. The van der Waals surface area contributed by atoms with Crippen LogP contribution in [0.2, 0.25) is 0 Å². The molecule has 1 saturated carbocycles. The first-order chi connectivity index (χ1) is 11.2. The minimum absolute atomic E-state index is 0.114. The van der Waals surface area contributed by atoms with Crippen LogP contribution in [0.1, 0.15) is 54.0 Å². The number of nitrogens with two attached hydrogens (primary N) is 1. The van der Waals surface area contributed by atoms with E-state index in [1.807, 2.05) is 11.5 Å². The number of hydrogen-bond donors (Lipinski definition) is 1. The van der Waals surface area contributed by atoms with Crippen molar-refractivity contribution in [3.63, 3.8) is 0 Å². The fourth-order valence-electron chi connectivity index (χ4n) is 3.84. The first-order valence-corrected chi connectivity index (χ1v) is 8.76. The Hall–Kier alpha value is -1.87. The molecule has 2 N–H and O–H groups in total. The lowest BCUT2D eigenvalue weighted by molar-refractivity contribution is 0.684. The summed E-state index contributed by atoms with van der Waals surface area (Å²) in [7, 11) is 0. The van der Waals surface area contributed by atoms with Crippen molar-refractivity contribution in [2.75, 3.05) is 0 Å². The van der Waals surface area contributed by atoms with Gasteiger partial charge in [0.05, 0.1) is 5.69 Å². The van der Waals surface area contributed by atoms with Crippen LogP contribution in [-0.4, -0.2) is 4.57 Å². The van der Waals surface area contributed by atoms with Gasteiger partial charge in [-0.2, -0.15) is 0 Å². The van der Waals surface area contributed by atoms with Crippen molar-refractivity contribution in [2.45, 2.75) is 58.0 Å². The number of rotatable bonds is 3. The lowest BCUT2D eigenvalue weighted by Gasteiger charge is -2.20. The molecule has 120 valence electrons. The van der Waals surface area contributed by atoms with Gasteiger partial charge in [0, 0.05) is 18.2 Å². The summed E-state index contributed by atoms with van der Waals surface area (Å²) in [5.74, 6) is 0. The van der Waals surface area contributed by atoms with Gasteiger partial charge in [-0.3, -0.25) is 4.79 Å². The van der Waals surface area contributed by atoms with Gasteiger partial charge in [0.15, 0.2) is 0 Å². The van der Waals surface area contributed by atoms with Crippen LogP contribution in [0.5, 0.6) is 0 Å². The molecule has 0 amide bonds. The number of fused-ring (bicyclic) bond motifs is 1. The van der Waals surface area contributed by atoms with Crippen LogP contribution in [0.15, 0.2) is 29.1 Å². The Balaban J connectivity index is 1.90. The normalized spacial score (nSPS) is 17.1. The topological polar surface area (TPSA) is 48.0 Å². The Labute approximate surface area is 137 Å². The Bertz CT molecular complexity index is 815. The van der Waals surface area contributed by atoms with E-state index in [-0.39, 0.29) is 5.56 Å². The number of nitrogens with zero attached hydrogens (tertiary/aromatic N) is 1. The number of pyridine rings is 1. The minimum Gasteiger partial charge on any atom is -0.326 e. The van der Waals surface area contributed by atoms with Gasteiger partial charge >= 0.3 is 0 Å². The zero-order valence-electron chi connectivity index (χ0n) is 13.8. The van der Waals surface area contributed by atoms with Gasteiger partial charge in [0.1, 0.15) is 0 Å². The second kappa shape index (κ2) is 5.64. The Morgan fingerprint density at radius 2 is 1.87 bits per heavy atom. The third-order valence-electron chi connectivity index (χ3n) is 5.33. The molecular formula is C20H24N2O. The van der Waals surface area contributed by atoms with Crippen LogP contribution in [0, 0.1) is 6.92 Å². The van der Waals surface area contributed by atoms with Gasteiger partial charge < -0.3 is 10.3 Å². The average Bonchev–Trinajstić information content (AvgIpc) is 3.39. The fourth-order valence-corrected chi connectivity index (χ4v) is 3.84. The first-order valence-electron chi connectivity index (χ1n) is 8.76. The molecule has 2 aliphatic rings. The van der Waals surface area contributed by atoms with Gasteiger partial charge in [-0.15, -0.1) is 0 Å². The maximum absolute atomic E-state index is 12.9. The Morgan fingerprint density at radius 3 is 2.57 bits per heavy atom. The molecule has 0 radical (unpaired) electrons. The smallest absolute Gasteiger partial charge is 0.256 e. The van der Waals surface area contributed by atoms with Crippen LogP contribution in [0.25, 0.3) is 11.3 Å². The highest BCUT2D eigenvalue weighted by Crippen LogP contribution is 2.38. The van der Waals surface area contributed by atoms with E-state index in [9.17, 15) is 4.79 Å². The number of aromatic nitrogens is 1. The van der Waals surface area contributed by atoms with E-state index in [0.29, 0.717) is 12.6 Å². The molecule has 0 aliphatic heterocycles. The van der Waals surface area contributed by atoms with E-state index in [4.69, 9.17) is 5.73 Å². The molecule has 3 nitrogen and oxygen atoms in total. The van der Waals surface area contributed by atoms with E-state index < -0.39 is 0 Å². The number of hydrogen-bond acceptors (Lipinski definition) is 2. The quantitative estimate of drug-likeness (QED) is 0.943. The summed E-state index contributed by atoms with van der Waals surface area (Å²) in [5.41, 5.74) is 12.9. The predicted molar refractivity (Wildman–Crippen MR) is 93.7 cm³/mol. The minimum atomic E-state index is 0.114. The van der Waals surface area contributed by atoms with Gasteiger partial charge in [0.2, 0.25) is 0 Å².